The Morgan fingerprint density at radius 3 is 0.844 bits per heavy atom. The Bertz CT molecular complexity index is 1410. The smallest absolute Gasteiger partial charge is 0.305 e. The number of hydrogen-bond acceptors (Lipinski definition) is 5. The molecule has 0 rings (SSSR count). The summed E-state index contributed by atoms with van der Waals surface area (Å²) >= 11 is 0. The van der Waals surface area contributed by atoms with Crippen LogP contribution >= 0.6 is 0 Å². The average molecular weight is 1270 g/mol. The van der Waals surface area contributed by atoms with Crippen LogP contribution in [0, 0.1) is 0 Å². The van der Waals surface area contributed by atoms with Crippen molar-refractivity contribution in [1.82, 2.24) is 5.32 Å². The van der Waals surface area contributed by atoms with E-state index in [0.29, 0.717) is 25.9 Å². The summed E-state index contributed by atoms with van der Waals surface area (Å²) in [7, 11) is 0. The van der Waals surface area contributed by atoms with Gasteiger partial charge in [-0.3, -0.25) is 9.59 Å². The molecule has 0 spiro atoms. The molecule has 0 heterocycles. The molecule has 0 saturated heterocycles. The quantitative estimate of drug-likeness (QED) is 0.0320. The van der Waals surface area contributed by atoms with Crippen molar-refractivity contribution in [1.29, 1.82) is 0 Å². The molecule has 0 aromatic carbocycles. The van der Waals surface area contributed by atoms with Gasteiger partial charge < -0.3 is 20.3 Å². The highest BCUT2D eigenvalue weighted by Gasteiger charge is 2.20. The highest BCUT2D eigenvalue weighted by Crippen LogP contribution is 2.20. The number of carbonyl (C=O) groups excluding carboxylic acids is 2. The van der Waals surface area contributed by atoms with Gasteiger partial charge in [0.1, 0.15) is 0 Å². The number of unbranched alkanes of at least 4 members (excludes halogenated alkanes) is 64. The van der Waals surface area contributed by atoms with E-state index in [1.807, 2.05) is 0 Å². The number of aliphatic hydroxyl groups is 2. The number of amides is 1. The fourth-order valence-electron chi connectivity index (χ4n) is 13.4. The van der Waals surface area contributed by atoms with Gasteiger partial charge in [-0.2, -0.15) is 0 Å². The molecular weight excluding hydrogens is 1100 g/mol. The van der Waals surface area contributed by atoms with Crippen molar-refractivity contribution in [2.75, 3.05) is 13.2 Å². The molecule has 90 heavy (non-hydrogen) atoms. The third kappa shape index (κ3) is 75.4. The summed E-state index contributed by atoms with van der Waals surface area (Å²) in [5.74, 6) is -0.00225. The van der Waals surface area contributed by atoms with E-state index in [0.717, 1.165) is 44.9 Å². The second-order valence-corrected chi connectivity index (χ2v) is 28.8. The van der Waals surface area contributed by atoms with Gasteiger partial charge in [-0.1, -0.05) is 430 Å². The highest BCUT2D eigenvalue weighted by atomic mass is 16.5. The van der Waals surface area contributed by atoms with Gasteiger partial charge in [0.15, 0.2) is 0 Å². The van der Waals surface area contributed by atoms with E-state index in [-0.39, 0.29) is 18.5 Å². The first-order valence-electron chi connectivity index (χ1n) is 41.6. The normalized spacial score (nSPS) is 12.5. The first-order valence-corrected chi connectivity index (χ1v) is 41.6. The van der Waals surface area contributed by atoms with Gasteiger partial charge >= 0.3 is 5.97 Å². The predicted molar refractivity (Wildman–Crippen MR) is 398 cm³/mol. The fourth-order valence-corrected chi connectivity index (χ4v) is 13.4. The van der Waals surface area contributed by atoms with Crippen LogP contribution < -0.4 is 5.32 Å². The molecule has 6 heteroatoms. The number of allylic oxidation sites excluding steroid dienone is 4. The van der Waals surface area contributed by atoms with E-state index in [2.05, 4.69) is 43.5 Å². The van der Waals surface area contributed by atoms with Crippen LogP contribution in [0.1, 0.15) is 476 Å². The number of rotatable bonds is 79. The molecule has 0 aromatic rings. The van der Waals surface area contributed by atoms with Crippen molar-refractivity contribution in [3.8, 4) is 0 Å². The Morgan fingerprint density at radius 2 is 0.556 bits per heavy atom. The number of hydrogen-bond donors (Lipinski definition) is 3. The van der Waals surface area contributed by atoms with Crippen LogP contribution in [0.15, 0.2) is 24.3 Å². The van der Waals surface area contributed by atoms with E-state index in [1.54, 1.807) is 0 Å². The summed E-state index contributed by atoms with van der Waals surface area (Å²) in [5.41, 5.74) is 0. The number of ether oxygens (including phenoxy) is 1. The van der Waals surface area contributed by atoms with Crippen LogP contribution in [0.25, 0.3) is 0 Å². The Morgan fingerprint density at radius 1 is 0.311 bits per heavy atom. The standard InChI is InChI=1S/C84H163NO5/c1-3-5-7-9-11-13-15-17-19-21-45-48-52-56-60-64-68-72-76-82(87)81(80-86)85-83(88)77-73-69-65-61-57-53-49-46-43-41-39-37-35-33-31-29-27-25-23-22-24-26-28-30-32-34-36-38-40-42-44-47-51-55-59-63-67-71-75-79-90-84(89)78-74-70-66-62-58-54-50-20-18-16-14-12-10-8-6-4-2/h22-23,26,28,81-82,86-87H,3-21,24-25,27,29-80H2,1-2H3,(H,85,88)/b23-22-,28-26-. The van der Waals surface area contributed by atoms with Crippen LogP contribution in [0.3, 0.4) is 0 Å². The summed E-state index contributed by atoms with van der Waals surface area (Å²) in [4.78, 5) is 24.7. The summed E-state index contributed by atoms with van der Waals surface area (Å²) < 4.78 is 5.51. The average Bonchev–Trinajstić information content (AvgIpc) is 3.59. The van der Waals surface area contributed by atoms with Gasteiger partial charge in [-0.25, -0.2) is 0 Å². The minimum atomic E-state index is -0.662. The van der Waals surface area contributed by atoms with Gasteiger partial charge in [-0.05, 0) is 57.8 Å². The number of esters is 1. The molecule has 0 bridgehead atoms. The van der Waals surface area contributed by atoms with Gasteiger partial charge in [0.05, 0.1) is 25.4 Å². The Balaban J connectivity index is 3.34. The molecule has 0 saturated carbocycles. The molecule has 0 aliphatic rings. The molecule has 3 N–H and O–H groups in total. The topological polar surface area (TPSA) is 95.9 Å². The van der Waals surface area contributed by atoms with Gasteiger partial charge in [-0.15, -0.1) is 0 Å². The van der Waals surface area contributed by atoms with Crippen molar-refractivity contribution in [3.05, 3.63) is 24.3 Å². The lowest BCUT2D eigenvalue weighted by atomic mass is 10.0. The SMILES string of the molecule is CCCCCCCCCCCCCCCCCCCCC(O)C(CO)NC(=O)CCCCCCCCCCCCCCCCCCC/C=C\C/C=C\CCCCCCCCCCCCCCCCCOC(=O)CCCCCCCCCCCCCCCCCC. The van der Waals surface area contributed by atoms with Crippen molar-refractivity contribution in [2.45, 2.75) is 488 Å². The lowest BCUT2D eigenvalue weighted by molar-refractivity contribution is -0.143. The van der Waals surface area contributed by atoms with E-state index < -0.39 is 12.1 Å². The molecule has 1 amide bonds. The maximum absolute atomic E-state index is 12.6. The summed E-state index contributed by atoms with van der Waals surface area (Å²) in [6, 6.07) is -0.539. The van der Waals surface area contributed by atoms with Crippen molar-refractivity contribution < 1.29 is 24.5 Å². The largest absolute Gasteiger partial charge is 0.466 e. The third-order valence-corrected chi connectivity index (χ3v) is 19.8. The monoisotopic (exact) mass is 1270 g/mol. The fraction of sp³-hybridized carbons (Fsp3) is 0.929. The zero-order chi connectivity index (χ0) is 64.9. The molecule has 2 atom stereocenters. The molecule has 0 aliphatic carbocycles. The molecule has 0 aromatic heterocycles. The molecule has 0 fully saturated rings. The second kappa shape index (κ2) is 79.8. The van der Waals surface area contributed by atoms with Crippen molar-refractivity contribution in [3.63, 3.8) is 0 Å². The molecule has 534 valence electrons. The maximum atomic E-state index is 12.6. The summed E-state index contributed by atoms with van der Waals surface area (Å²) in [6.07, 6.45) is 103. The number of aliphatic hydroxyl groups excluding tert-OH is 2. The van der Waals surface area contributed by atoms with Gasteiger partial charge in [0.2, 0.25) is 5.91 Å². The van der Waals surface area contributed by atoms with Crippen molar-refractivity contribution in [2.24, 2.45) is 0 Å². The van der Waals surface area contributed by atoms with E-state index in [9.17, 15) is 19.8 Å². The highest BCUT2D eigenvalue weighted by molar-refractivity contribution is 5.76. The molecule has 6 nitrogen and oxygen atoms in total. The zero-order valence-corrected chi connectivity index (χ0v) is 61.4. The minimum absolute atomic E-state index is 0.0249. The van der Waals surface area contributed by atoms with Crippen LogP contribution in [0.5, 0.6) is 0 Å². The van der Waals surface area contributed by atoms with Crippen molar-refractivity contribution >= 4 is 11.9 Å². The van der Waals surface area contributed by atoms with Gasteiger partial charge in [0.25, 0.3) is 0 Å². The van der Waals surface area contributed by atoms with Gasteiger partial charge in [0, 0.05) is 12.8 Å². The Kier molecular flexibility index (Phi) is 78.3. The first-order chi connectivity index (χ1) is 44.5. The predicted octanol–water partition coefficient (Wildman–Crippen LogP) is 27.6. The van der Waals surface area contributed by atoms with Crippen LogP contribution in [0.2, 0.25) is 0 Å². The van der Waals surface area contributed by atoms with E-state index in [4.69, 9.17) is 4.74 Å². The first kappa shape index (κ1) is 88.3. The minimum Gasteiger partial charge on any atom is -0.466 e. The molecule has 0 radical (unpaired) electrons. The second-order valence-electron chi connectivity index (χ2n) is 28.8. The number of nitrogens with one attached hydrogen (secondary N) is 1. The zero-order valence-electron chi connectivity index (χ0n) is 61.4. The number of carbonyl (C=O) groups is 2. The molecule has 2 unspecified atom stereocenters. The lowest BCUT2D eigenvalue weighted by Crippen LogP contribution is -2.45. The maximum Gasteiger partial charge on any atom is 0.305 e. The van der Waals surface area contributed by atoms with E-state index in [1.165, 1.54) is 398 Å². The van der Waals surface area contributed by atoms with Crippen LogP contribution in [-0.2, 0) is 14.3 Å². The molecule has 0 aliphatic heterocycles. The Hall–Kier alpha value is -1.66. The summed E-state index contributed by atoms with van der Waals surface area (Å²) in [5, 5.41) is 23.4. The van der Waals surface area contributed by atoms with E-state index >= 15 is 0 Å². The lowest BCUT2D eigenvalue weighted by Gasteiger charge is -2.22. The molecular formula is C84H163NO5. The Labute approximate surface area is 564 Å². The third-order valence-electron chi connectivity index (χ3n) is 19.8. The van der Waals surface area contributed by atoms with Crippen LogP contribution in [0.4, 0.5) is 0 Å². The van der Waals surface area contributed by atoms with Crippen LogP contribution in [-0.4, -0.2) is 47.4 Å². The summed E-state index contributed by atoms with van der Waals surface area (Å²) in [6.45, 7) is 5.01.